The molecule has 0 bridgehead atoms. The van der Waals surface area contributed by atoms with E-state index in [-0.39, 0.29) is 11.7 Å². The van der Waals surface area contributed by atoms with Gasteiger partial charge in [-0.3, -0.25) is 4.79 Å². The van der Waals surface area contributed by atoms with E-state index in [0.717, 1.165) is 11.3 Å². The van der Waals surface area contributed by atoms with Crippen LogP contribution in [0.25, 0.3) is 0 Å². The lowest BCUT2D eigenvalue weighted by atomic mass is 9.93. The Bertz CT molecular complexity index is 330. The molecular formula is C12H19NOS. The summed E-state index contributed by atoms with van der Waals surface area (Å²) in [5.74, 6) is 0.718. The summed E-state index contributed by atoms with van der Waals surface area (Å²) in [4.78, 5) is 14.1. The predicted octanol–water partition coefficient (Wildman–Crippen LogP) is 2.86. The van der Waals surface area contributed by atoms with Crippen LogP contribution in [0.3, 0.4) is 0 Å². The van der Waals surface area contributed by atoms with Gasteiger partial charge in [0.25, 0.3) is 0 Å². The van der Waals surface area contributed by atoms with E-state index in [0.29, 0.717) is 12.5 Å². The molecule has 0 amide bonds. The Morgan fingerprint density at radius 2 is 2.13 bits per heavy atom. The van der Waals surface area contributed by atoms with E-state index in [4.69, 9.17) is 5.73 Å². The molecule has 15 heavy (non-hydrogen) atoms. The average Bonchev–Trinajstić information content (AvgIpc) is 2.60. The summed E-state index contributed by atoms with van der Waals surface area (Å²) in [6, 6.07) is 3.90. The monoisotopic (exact) mass is 225 g/mol. The molecule has 0 spiro atoms. The molecule has 0 aliphatic rings. The van der Waals surface area contributed by atoms with Gasteiger partial charge in [-0.2, -0.15) is 0 Å². The van der Waals surface area contributed by atoms with Crippen LogP contribution in [-0.2, 0) is 0 Å². The first-order valence-corrected chi connectivity index (χ1v) is 6.17. The zero-order valence-electron chi connectivity index (χ0n) is 9.62. The van der Waals surface area contributed by atoms with Crippen molar-refractivity contribution in [3.8, 4) is 0 Å². The van der Waals surface area contributed by atoms with E-state index in [9.17, 15) is 4.79 Å². The minimum atomic E-state index is -0.0111. The second-order valence-electron chi connectivity index (χ2n) is 4.34. The minimum absolute atomic E-state index is 0.0111. The summed E-state index contributed by atoms with van der Waals surface area (Å²) in [6.07, 6.45) is 0.881. The summed E-state index contributed by atoms with van der Waals surface area (Å²) >= 11 is 1.56. The number of Topliss-reactive ketones (excluding diaryl/α,β-unsaturated/α-hetero) is 1. The van der Waals surface area contributed by atoms with Gasteiger partial charge in [0.05, 0.1) is 4.88 Å². The van der Waals surface area contributed by atoms with Crippen LogP contribution in [0.4, 0.5) is 0 Å². The van der Waals surface area contributed by atoms with E-state index < -0.39 is 0 Å². The number of hydrogen-bond acceptors (Lipinski definition) is 3. The Morgan fingerprint density at radius 1 is 1.47 bits per heavy atom. The lowest BCUT2D eigenvalue weighted by Gasteiger charge is -2.14. The summed E-state index contributed by atoms with van der Waals surface area (Å²) in [5, 5.41) is 0. The quantitative estimate of drug-likeness (QED) is 0.783. The number of aryl methyl sites for hydroxylation is 1. The van der Waals surface area contributed by atoms with Crippen molar-refractivity contribution in [3.63, 3.8) is 0 Å². The van der Waals surface area contributed by atoms with Crippen LogP contribution in [0.2, 0.25) is 0 Å². The van der Waals surface area contributed by atoms with Gasteiger partial charge in [-0.1, -0.05) is 13.8 Å². The highest BCUT2D eigenvalue weighted by Gasteiger charge is 2.20. The molecule has 0 saturated heterocycles. The number of hydrogen-bond donors (Lipinski definition) is 1. The van der Waals surface area contributed by atoms with Crippen molar-refractivity contribution in [2.24, 2.45) is 17.6 Å². The maximum Gasteiger partial charge on any atom is 0.177 e. The maximum absolute atomic E-state index is 12.1. The normalized spacial score (nSPS) is 13.1. The topological polar surface area (TPSA) is 43.1 Å². The molecule has 0 saturated carbocycles. The number of thiophene rings is 1. The number of carbonyl (C=O) groups is 1. The summed E-state index contributed by atoms with van der Waals surface area (Å²) in [5.41, 5.74) is 5.65. The Balaban J connectivity index is 2.73. The number of ketones is 1. The van der Waals surface area contributed by atoms with Crippen LogP contribution in [0.5, 0.6) is 0 Å². The zero-order chi connectivity index (χ0) is 11.4. The fourth-order valence-electron chi connectivity index (χ4n) is 1.65. The highest BCUT2D eigenvalue weighted by molar-refractivity contribution is 7.14. The van der Waals surface area contributed by atoms with Gasteiger partial charge in [0.1, 0.15) is 0 Å². The van der Waals surface area contributed by atoms with Gasteiger partial charge in [0, 0.05) is 17.3 Å². The SMILES string of the molecule is Cc1ccc(C(=O)C(CN)CC(C)C)s1. The fraction of sp³-hybridized carbons (Fsp3) is 0.583. The first kappa shape index (κ1) is 12.4. The van der Waals surface area contributed by atoms with E-state index in [1.165, 1.54) is 4.88 Å². The van der Waals surface area contributed by atoms with Gasteiger partial charge < -0.3 is 5.73 Å². The van der Waals surface area contributed by atoms with E-state index in [1.807, 2.05) is 19.1 Å². The summed E-state index contributed by atoms with van der Waals surface area (Å²) in [7, 11) is 0. The molecule has 0 aliphatic heterocycles. The minimum Gasteiger partial charge on any atom is -0.330 e. The van der Waals surface area contributed by atoms with Crippen LogP contribution < -0.4 is 5.73 Å². The third-order valence-electron chi connectivity index (χ3n) is 2.39. The first-order valence-electron chi connectivity index (χ1n) is 5.35. The lowest BCUT2D eigenvalue weighted by Crippen LogP contribution is -2.24. The van der Waals surface area contributed by atoms with Crippen LogP contribution in [-0.4, -0.2) is 12.3 Å². The number of carbonyl (C=O) groups excluding carboxylic acids is 1. The maximum atomic E-state index is 12.1. The molecule has 1 heterocycles. The van der Waals surface area contributed by atoms with Crippen molar-refractivity contribution in [1.82, 2.24) is 0 Å². The molecule has 1 rings (SSSR count). The second kappa shape index (κ2) is 5.42. The molecule has 0 fully saturated rings. The second-order valence-corrected chi connectivity index (χ2v) is 5.62. The standard InChI is InChI=1S/C12H19NOS/c1-8(2)6-10(7-13)12(14)11-5-4-9(3)15-11/h4-5,8,10H,6-7,13H2,1-3H3. The predicted molar refractivity (Wildman–Crippen MR) is 65.4 cm³/mol. The van der Waals surface area contributed by atoms with Gasteiger partial charge in [-0.15, -0.1) is 11.3 Å². The van der Waals surface area contributed by atoms with Gasteiger partial charge in [0.15, 0.2) is 5.78 Å². The van der Waals surface area contributed by atoms with Crippen molar-refractivity contribution >= 4 is 17.1 Å². The van der Waals surface area contributed by atoms with Crippen molar-refractivity contribution in [1.29, 1.82) is 0 Å². The van der Waals surface area contributed by atoms with Crippen molar-refractivity contribution in [2.45, 2.75) is 27.2 Å². The largest absolute Gasteiger partial charge is 0.330 e. The van der Waals surface area contributed by atoms with Crippen LogP contribution in [0.15, 0.2) is 12.1 Å². The fourth-order valence-corrected chi connectivity index (χ4v) is 2.53. The Labute approximate surface area is 95.5 Å². The smallest absolute Gasteiger partial charge is 0.177 e. The highest BCUT2D eigenvalue weighted by Crippen LogP contribution is 2.22. The van der Waals surface area contributed by atoms with Crippen LogP contribution in [0, 0.1) is 18.8 Å². The van der Waals surface area contributed by atoms with Gasteiger partial charge in [-0.25, -0.2) is 0 Å². The zero-order valence-corrected chi connectivity index (χ0v) is 10.4. The highest BCUT2D eigenvalue weighted by atomic mass is 32.1. The van der Waals surface area contributed by atoms with Crippen LogP contribution in [0.1, 0.15) is 34.8 Å². The van der Waals surface area contributed by atoms with Gasteiger partial charge in [-0.05, 0) is 31.4 Å². The molecule has 2 nitrogen and oxygen atoms in total. The molecule has 84 valence electrons. The number of nitrogens with two attached hydrogens (primary N) is 1. The molecule has 1 aromatic heterocycles. The van der Waals surface area contributed by atoms with E-state index in [2.05, 4.69) is 13.8 Å². The number of rotatable bonds is 5. The molecule has 0 aromatic carbocycles. The van der Waals surface area contributed by atoms with Gasteiger partial charge >= 0.3 is 0 Å². The molecule has 1 unspecified atom stereocenters. The molecule has 3 heteroatoms. The van der Waals surface area contributed by atoms with Crippen molar-refractivity contribution in [3.05, 3.63) is 21.9 Å². The molecule has 0 radical (unpaired) electrons. The van der Waals surface area contributed by atoms with Crippen LogP contribution >= 0.6 is 11.3 Å². The summed E-state index contributed by atoms with van der Waals surface area (Å²) < 4.78 is 0. The Hall–Kier alpha value is -0.670. The molecule has 0 aliphatic carbocycles. The van der Waals surface area contributed by atoms with E-state index in [1.54, 1.807) is 11.3 Å². The summed E-state index contributed by atoms with van der Waals surface area (Å²) in [6.45, 7) is 6.71. The van der Waals surface area contributed by atoms with Gasteiger partial charge in [0.2, 0.25) is 0 Å². The third kappa shape index (κ3) is 3.43. The molecule has 1 atom stereocenters. The molecule has 2 N–H and O–H groups in total. The molecular weight excluding hydrogens is 206 g/mol. The average molecular weight is 225 g/mol. The van der Waals surface area contributed by atoms with Crippen molar-refractivity contribution < 1.29 is 4.79 Å². The lowest BCUT2D eigenvalue weighted by molar-refractivity contribution is 0.0913. The van der Waals surface area contributed by atoms with E-state index >= 15 is 0 Å². The first-order chi connectivity index (χ1) is 7.04. The Kier molecular flexibility index (Phi) is 4.48. The molecule has 1 aromatic rings. The Morgan fingerprint density at radius 3 is 2.53 bits per heavy atom. The van der Waals surface area contributed by atoms with Crippen molar-refractivity contribution in [2.75, 3.05) is 6.54 Å². The third-order valence-corrected chi connectivity index (χ3v) is 3.41.